The molecule has 7 nitrogen and oxygen atoms in total. The van der Waals surface area contributed by atoms with Crippen molar-refractivity contribution in [2.45, 2.75) is 26.3 Å². The van der Waals surface area contributed by atoms with Gasteiger partial charge in [-0.15, -0.1) is 0 Å². The van der Waals surface area contributed by atoms with Crippen LogP contribution in [-0.4, -0.2) is 31.7 Å². The lowest BCUT2D eigenvalue weighted by molar-refractivity contribution is -0.118. The highest BCUT2D eigenvalue weighted by atomic mass is 16.5. The van der Waals surface area contributed by atoms with E-state index in [0.29, 0.717) is 48.9 Å². The third-order valence-corrected chi connectivity index (χ3v) is 5.02. The summed E-state index contributed by atoms with van der Waals surface area (Å²) in [6, 6.07) is 22.8. The van der Waals surface area contributed by atoms with Crippen LogP contribution in [0.25, 0.3) is 0 Å². The molecule has 3 N–H and O–H groups in total. The molecule has 0 saturated carbocycles. The lowest BCUT2D eigenvalue weighted by Crippen LogP contribution is -2.43. The molecular weight excluding hydrogens is 430 g/mol. The Kier molecular flexibility index (Phi) is 9.34. The van der Waals surface area contributed by atoms with E-state index in [1.807, 2.05) is 80.6 Å². The van der Waals surface area contributed by atoms with Crippen LogP contribution in [-0.2, 0) is 11.2 Å². The second kappa shape index (κ2) is 12.9. The summed E-state index contributed by atoms with van der Waals surface area (Å²) in [6.45, 7) is 5.34. The van der Waals surface area contributed by atoms with Crippen molar-refractivity contribution < 1.29 is 19.1 Å². The van der Waals surface area contributed by atoms with Crippen LogP contribution in [0.1, 0.15) is 31.0 Å². The van der Waals surface area contributed by atoms with E-state index in [4.69, 9.17) is 9.47 Å². The van der Waals surface area contributed by atoms with Crippen molar-refractivity contribution >= 4 is 17.6 Å². The second-order valence-corrected chi connectivity index (χ2v) is 7.50. The van der Waals surface area contributed by atoms with Crippen molar-refractivity contribution in [3.8, 4) is 11.5 Å². The summed E-state index contributed by atoms with van der Waals surface area (Å²) in [5, 5.41) is 8.48. The molecule has 0 fully saturated rings. The summed E-state index contributed by atoms with van der Waals surface area (Å²) in [4.78, 5) is 25.6. The minimum absolute atomic E-state index is 0.319. The molecule has 0 bridgehead atoms. The smallest absolute Gasteiger partial charge is 0.315 e. The van der Waals surface area contributed by atoms with Gasteiger partial charge in [0.1, 0.15) is 6.04 Å². The molecule has 0 aliphatic heterocycles. The van der Waals surface area contributed by atoms with Crippen LogP contribution in [0.4, 0.5) is 10.5 Å². The van der Waals surface area contributed by atoms with Crippen LogP contribution in [0.15, 0.2) is 78.9 Å². The maximum absolute atomic E-state index is 12.9. The molecule has 0 heterocycles. The molecule has 7 heteroatoms. The summed E-state index contributed by atoms with van der Waals surface area (Å²) in [6.07, 6.45) is 0.603. The molecule has 0 aromatic heterocycles. The predicted molar refractivity (Wildman–Crippen MR) is 133 cm³/mol. The Hall–Kier alpha value is -4.00. The van der Waals surface area contributed by atoms with Crippen molar-refractivity contribution in [1.29, 1.82) is 0 Å². The molecule has 178 valence electrons. The van der Waals surface area contributed by atoms with Crippen molar-refractivity contribution in [2.24, 2.45) is 0 Å². The van der Waals surface area contributed by atoms with Gasteiger partial charge in [-0.05, 0) is 55.7 Å². The molecule has 3 aromatic carbocycles. The standard InChI is InChI=1S/C27H31N3O4/c1-3-33-23-16-15-20(19-24(23)34-4-2)17-18-28-27(32)30-25(21-11-7-5-8-12-21)26(31)29-22-13-9-6-10-14-22/h5-16,19,25H,3-4,17-18H2,1-2H3,(H,29,31)(H2,28,30,32)/t25-/m0/s1. The second-order valence-electron chi connectivity index (χ2n) is 7.50. The fourth-order valence-electron chi connectivity index (χ4n) is 3.44. The highest BCUT2D eigenvalue weighted by Gasteiger charge is 2.22. The van der Waals surface area contributed by atoms with Crippen molar-refractivity contribution in [2.75, 3.05) is 25.1 Å². The molecule has 34 heavy (non-hydrogen) atoms. The number of rotatable bonds is 11. The molecule has 3 aromatic rings. The van der Waals surface area contributed by atoms with Gasteiger partial charge in [0.05, 0.1) is 13.2 Å². The van der Waals surface area contributed by atoms with Crippen LogP contribution in [0.5, 0.6) is 11.5 Å². The molecule has 0 unspecified atom stereocenters. The summed E-state index contributed by atoms with van der Waals surface area (Å²) >= 11 is 0. The summed E-state index contributed by atoms with van der Waals surface area (Å²) in [5.74, 6) is 1.07. The molecule has 0 saturated heterocycles. The quantitative estimate of drug-likeness (QED) is 0.386. The van der Waals surface area contributed by atoms with Crippen LogP contribution in [0.2, 0.25) is 0 Å². The Morgan fingerprint density at radius 1 is 0.824 bits per heavy atom. The van der Waals surface area contributed by atoms with E-state index in [0.717, 1.165) is 5.56 Å². The molecule has 0 spiro atoms. The van der Waals surface area contributed by atoms with Crippen LogP contribution in [0, 0.1) is 0 Å². The number of hydrogen-bond donors (Lipinski definition) is 3. The molecular formula is C27H31N3O4. The van der Waals surface area contributed by atoms with Gasteiger partial charge in [0.2, 0.25) is 0 Å². The monoisotopic (exact) mass is 461 g/mol. The van der Waals surface area contributed by atoms with Gasteiger partial charge < -0.3 is 25.4 Å². The molecule has 3 amide bonds. The number of benzene rings is 3. The molecule has 0 radical (unpaired) electrons. The maximum atomic E-state index is 12.9. The molecule has 3 rings (SSSR count). The first-order chi connectivity index (χ1) is 16.6. The number of ether oxygens (including phenoxy) is 2. The molecule has 1 atom stereocenters. The van der Waals surface area contributed by atoms with Crippen molar-refractivity contribution in [1.82, 2.24) is 10.6 Å². The van der Waals surface area contributed by atoms with Crippen LogP contribution >= 0.6 is 0 Å². The van der Waals surface area contributed by atoms with Gasteiger partial charge in [-0.2, -0.15) is 0 Å². The van der Waals surface area contributed by atoms with Crippen molar-refractivity contribution in [3.63, 3.8) is 0 Å². The van der Waals surface area contributed by atoms with E-state index in [1.165, 1.54) is 0 Å². The summed E-state index contributed by atoms with van der Waals surface area (Å²) in [7, 11) is 0. The fourth-order valence-corrected chi connectivity index (χ4v) is 3.44. The van der Waals surface area contributed by atoms with Gasteiger partial charge in [-0.3, -0.25) is 4.79 Å². The number of amides is 3. The number of hydrogen-bond acceptors (Lipinski definition) is 4. The van der Waals surface area contributed by atoms with Gasteiger partial charge in [0.15, 0.2) is 11.5 Å². The number of urea groups is 1. The van der Waals surface area contributed by atoms with Crippen LogP contribution in [0.3, 0.4) is 0 Å². The van der Waals surface area contributed by atoms with E-state index in [9.17, 15) is 9.59 Å². The topological polar surface area (TPSA) is 88.7 Å². The first-order valence-corrected chi connectivity index (χ1v) is 11.4. The van der Waals surface area contributed by atoms with Crippen LogP contribution < -0.4 is 25.4 Å². The maximum Gasteiger partial charge on any atom is 0.315 e. The lowest BCUT2D eigenvalue weighted by atomic mass is 10.1. The number of nitrogens with one attached hydrogen (secondary N) is 3. The SMILES string of the molecule is CCOc1ccc(CCNC(=O)N[C@H](C(=O)Nc2ccccc2)c2ccccc2)cc1OCC. The Labute approximate surface area is 200 Å². The lowest BCUT2D eigenvalue weighted by Gasteiger charge is -2.19. The Morgan fingerprint density at radius 2 is 1.47 bits per heavy atom. The zero-order chi connectivity index (χ0) is 24.2. The van der Waals surface area contributed by atoms with E-state index in [1.54, 1.807) is 12.1 Å². The Morgan fingerprint density at radius 3 is 2.15 bits per heavy atom. The van der Waals surface area contributed by atoms with Gasteiger partial charge >= 0.3 is 6.03 Å². The molecule has 0 aliphatic carbocycles. The first kappa shape index (κ1) is 24.6. The predicted octanol–water partition coefficient (Wildman–Crippen LogP) is 4.71. The highest BCUT2D eigenvalue weighted by Crippen LogP contribution is 2.28. The third-order valence-electron chi connectivity index (χ3n) is 5.02. The average Bonchev–Trinajstić information content (AvgIpc) is 2.85. The number of anilines is 1. The van der Waals surface area contributed by atoms with Gasteiger partial charge in [-0.25, -0.2) is 4.79 Å². The van der Waals surface area contributed by atoms with E-state index in [-0.39, 0.29) is 5.91 Å². The molecule has 0 aliphatic rings. The third kappa shape index (κ3) is 7.27. The number of para-hydroxylation sites is 1. The normalized spacial score (nSPS) is 11.2. The zero-order valence-corrected chi connectivity index (χ0v) is 19.5. The zero-order valence-electron chi connectivity index (χ0n) is 19.5. The van der Waals surface area contributed by atoms with Gasteiger partial charge in [0.25, 0.3) is 5.91 Å². The first-order valence-electron chi connectivity index (χ1n) is 11.4. The number of carbonyl (C=O) groups excluding carboxylic acids is 2. The van der Waals surface area contributed by atoms with Crippen molar-refractivity contribution in [3.05, 3.63) is 90.0 Å². The minimum atomic E-state index is -0.837. The average molecular weight is 462 g/mol. The number of carbonyl (C=O) groups is 2. The summed E-state index contributed by atoms with van der Waals surface area (Å²) in [5.41, 5.74) is 2.36. The largest absolute Gasteiger partial charge is 0.490 e. The Bertz CT molecular complexity index is 1060. The van der Waals surface area contributed by atoms with E-state index >= 15 is 0 Å². The van der Waals surface area contributed by atoms with Gasteiger partial charge in [-0.1, -0.05) is 54.6 Å². The summed E-state index contributed by atoms with van der Waals surface area (Å²) < 4.78 is 11.3. The minimum Gasteiger partial charge on any atom is -0.490 e. The van der Waals surface area contributed by atoms with E-state index < -0.39 is 12.1 Å². The van der Waals surface area contributed by atoms with E-state index in [2.05, 4.69) is 16.0 Å². The fraction of sp³-hybridized carbons (Fsp3) is 0.259. The van der Waals surface area contributed by atoms with Gasteiger partial charge in [0, 0.05) is 12.2 Å². The Balaban J connectivity index is 1.60. The highest BCUT2D eigenvalue weighted by molar-refractivity contribution is 5.97.